The Bertz CT molecular complexity index is 976. The van der Waals surface area contributed by atoms with Gasteiger partial charge in [-0.05, 0) is 39.0 Å². The zero-order chi connectivity index (χ0) is 18.8. The maximum absolute atomic E-state index is 13.4. The van der Waals surface area contributed by atoms with Crippen LogP contribution in [0.25, 0.3) is 11.0 Å². The Balaban J connectivity index is 0.00000261. The summed E-state index contributed by atoms with van der Waals surface area (Å²) < 4.78 is 21.1. The highest BCUT2D eigenvalue weighted by molar-refractivity contribution is 14.0. The monoisotopic (exact) mass is 485 g/mol. The van der Waals surface area contributed by atoms with Gasteiger partial charge in [0.1, 0.15) is 17.2 Å². The first-order valence-electron chi connectivity index (χ1n) is 8.51. The van der Waals surface area contributed by atoms with Gasteiger partial charge in [-0.2, -0.15) is 5.10 Å². The van der Waals surface area contributed by atoms with Crippen LogP contribution in [0.15, 0.2) is 27.6 Å². The molecule has 3 aromatic rings. The SMILES string of the molecule is CN=C(NCc1oc2ccc(F)cc2c1C)NCc1c(C)nn(C)c1C.I. The Morgan fingerprint density at radius 1 is 1.22 bits per heavy atom. The van der Waals surface area contributed by atoms with E-state index in [1.54, 1.807) is 13.1 Å². The lowest BCUT2D eigenvalue weighted by atomic mass is 10.1. The number of fused-ring (bicyclic) bond motifs is 1. The summed E-state index contributed by atoms with van der Waals surface area (Å²) >= 11 is 0. The molecule has 2 N–H and O–H groups in total. The Labute approximate surface area is 175 Å². The van der Waals surface area contributed by atoms with Crippen LogP contribution < -0.4 is 10.6 Å². The number of aromatic nitrogens is 2. The molecule has 0 saturated heterocycles. The number of furan rings is 1. The predicted octanol–water partition coefficient (Wildman–Crippen LogP) is 3.71. The number of nitrogens with one attached hydrogen (secondary N) is 2. The Morgan fingerprint density at radius 3 is 2.56 bits per heavy atom. The molecule has 0 atom stereocenters. The first-order chi connectivity index (χ1) is 12.4. The van der Waals surface area contributed by atoms with Gasteiger partial charge < -0.3 is 15.1 Å². The minimum atomic E-state index is -0.263. The molecule has 3 rings (SSSR count). The lowest BCUT2D eigenvalue weighted by molar-refractivity contribution is 0.534. The molecule has 0 unspecified atom stereocenters. The summed E-state index contributed by atoms with van der Waals surface area (Å²) in [6, 6.07) is 4.56. The van der Waals surface area contributed by atoms with Crippen LogP contribution in [0.4, 0.5) is 4.39 Å². The van der Waals surface area contributed by atoms with Gasteiger partial charge in [-0.3, -0.25) is 9.67 Å². The average Bonchev–Trinajstić information content (AvgIpc) is 3.05. The number of hydrogen-bond donors (Lipinski definition) is 2. The highest BCUT2D eigenvalue weighted by Crippen LogP contribution is 2.25. The van der Waals surface area contributed by atoms with E-state index in [9.17, 15) is 4.39 Å². The minimum Gasteiger partial charge on any atom is -0.459 e. The van der Waals surface area contributed by atoms with Gasteiger partial charge >= 0.3 is 0 Å². The standard InChI is InChI=1S/C19H24FN5O.HI/c1-11-15-8-14(20)6-7-17(15)26-18(11)10-23-19(21-4)22-9-16-12(2)24-25(5)13(16)3;/h6-8H,9-10H2,1-5H3,(H2,21,22,23);1H. The largest absolute Gasteiger partial charge is 0.459 e. The number of aryl methyl sites for hydroxylation is 3. The van der Waals surface area contributed by atoms with E-state index in [4.69, 9.17) is 4.42 Å². The average molecular weight is 485 g/mol. The van der Waals surface area contributed by atoms with Crippen LogP contribution in [0.5, 0.6) is 0 Å². The first-order valence-corrected chi connectivity index (χ1v) is 8.51. The van der Waals surface area contributed by atoms with Crippen molar-refractivity contribution in [1.82, 2.24) is 20.4 Å². The fourth-order valence-electron chi connectivity index (χ4n) is 3.04. The van der Waals surface area contributed by atoms with E-state index < -0.39 is 0 Å². The summed E-state index contributed by atoms with van der Waals surface area (Å²) in [5.41, 5.74) is 4.90. The zero-order valence-corrected chi connectivity index (χ0v) is 18.5. The summed E-state index contributed by atoms with van der Waals surface area (Å²) in [6.45, 7) is 7.07. The molecule has 146 valence electrons. The molecule has 2 aromatic heterocycles. The molecule has 1 aromatic carbocycles. The third-order valence-corrected chi connectivity index (χ3v) is 4.73. The quantitative estimate of drug-likeness (QED) is 0.336. The van der Waals surface area contributed by atoms with E-state index in [1.165, 1.54) is 12.1 Å². The van der Waals surface area contributed by atoms with Crippen molar-refractivity contribution in [3.63, 3.8) is 0 Å². The Hall–Kier alpha value is -2.10. The summed E-state index contributed by atoms with van der Waals surface area (Å²) in [5.74, 6) is 1.17. The van der Waals surface area contributed by atoms with Crippen molar-refractivity contribution in [2.45, 2.75) is 33.9 Å². The number of nitrogens with zero attached hydrogens (tertiary/aromatic N) is 3. The summed E-state index contributed by atoms with van der Waals surface area (Å²) in [7, 11) is 3.66. The van der Waals surface area contributed by atoms with Gasteiger partial charge in [-0.25, -0.2) is 4.39 Å². The van der Waals surface area contributed by atoms with E-state index in [-0.39, 0.29) is 29.8 Å². The minimum absolute atomic E-state index is 0. The number of aliphatic imine (C=N–C) groups is 1. The second-order valence-electron chi connectivity index (χ2n) is 6.34. The van der Waals surface area contributed by atoms with E-state index in [0.717, 1.165) is 33.7 Å². The predicted molar refractivity (Wildman–Crippen MR) is 116 cm³/mol. The molecule has 0 aliphatic carbocycles. The smallest absolute Gasteiger partial charge is 0.191 e. The van der Waals surface area contributed by atoms with Gasteiger partial charge in [0, 0.05) is 42.8 Å². The summed E-state index contributed by atoms with van der Waals surface area (Å²) in [5, 5.41) is 11.8. The van der Waals surface area contributed by atoms with E-state index >= 15 is 0 Å². The van der Waals surface area contributed by atoms with E-state index in [1.807, 2.05) is 32.5 Å². The molecule has 6 nitrogen and oxygen atoms in total. The lowest BCUT2D eigenvalue weighted by Crippen LogP contribution is -2.36. The van der Waals surface area contributed by atoms with Crippen LogP contribution in [0.3, 0.4) is 0 Å². The van der Waals surface area contributed by atoms with E-state index in [2.05, 4.69) is 20.7 Å². The second kappa shape index (κ2) is 8.73. The van der Waals surface area contributed by atoms with Gasteiger partial charge in [-0.15, -0.1) is 24.0 Å². The molecule has 0 radical (unpaired) electrons. The van der Waals surface area contributed by atoms with Gasteiger partial charge in [0.05, 0.1) is 12.2 Å². The molecule has 0 spiro atoms. The van der Waals surface area contributed by atoms with Crippen molar-refractivity contribution in [2.75, 3.05) is 7.05 Å². The van der Waals surface area contributed by atoms with Crippen LogP contribution in [0.2, 0.25) is 0 Å². The normalized spacial score (nSPS) is 11.6. The molecule has 8 heteroatoms. The van der Waals surface area contributed by atoms with Crippen molar-refractivity contribution in [3.05, 3.63) is 52.3 Å². The first kappa shape index (κ1) is 21.2. The van der Waals surface area contributed by atoms with Crippen LogP contribution >= 0.6 is 24.0 Å². The Kier molecular flexibility index (Phi) is 6.85. The Morgan fingerprint density at radius 2 is 1.93 bits per heavy atom. The van der Waals surface area contributed by atoms with Crippen LogP contribution in [0.1, 0.15) is 28.3 Å². The summed E-state index contributed by atoms with van der Waals surface area (Å²) in [6.07, 6.45) is 0. The van der Waals surface area contributed by atoms with Crippen molar-refractivity contribution < 1.29 is 8.81 Å². The van der Waals surface area contributed by atoms with Crippen LogP contribution in [0, 0.1) is 26.6 Å². The second-order valence-corrected chi connectivity index (χ2v) is 6.34. The number of guanidine groups is 1. The zero-order valence-electron chi connectivity index (χ0n) is 16.2. The van der Waals surface area contributed by atoms with Crippen molar-refractivity contribution in [3.8, 4) is 0 Å². The lowest BCUT2D eigenvalue weighted by Gasteiger charge is -2.11. The van der Waals surface area contributed by atoms with Crippen molar-refractivity contribution in [2.24, 2.45) is 12.0 Å². The maximum Gasteiger partial charge on any atom is 0.191 e. The van der Waals surface area contributed by atoms with Gasteiger partial charge in [-0.1, -0.05) is 0 Å². The third kappa shape index (κ3) is 4.42. The molecule has 27 heavy (non-hydrogen) atoms. The summed E-state index contributed by atoms with van der Waals surface area (Å²) in [4.78, 5) is 4.25. The number of benzene rings is 1. The molecule has 0 aliphatic heterocycles. The number of rotatable bonds is 4. The molecule has 0 saturated carbocycles. The molecular weight excluding hydrogens is 460 g/mol. The highest BCUT2D eigenvalue weighted by Gasteiger charge is 2.13. The molecule has 0 bridgehead atoms. The molecule has 0 aliphatic rings. The van der Waals surface area contributed by atoms with Crippen LogP contribution in [-0.2, 0) is 20.1 Å². The number of hydrogen-bond acceptors (Lipinski definition) is 3. The maximum atomic E-state index is 13.4. The highest BCUT2D eigenvalue weighted by atomic mass is 127. The molecule has 2 heterocycles. The molecular formula is C19H25FIN5O. The van der Waals surface area contributed by atoms with Crippen molar-refractivity contribution in [1.29, 1.82) is 0 Å². The van der Waals surface area contributed by atoms with Crippen molar-refractivity contribution >= 4 is 40.9 Å². The van der Waals surface area contributed by atoms with E-state index in [0.29, 0.717) is 24.6 Å². The number of halogens is 2. The third-order valence-electron chi connectivity index (χ3n) is 4.73. The molecule has 0 amide bonds. The van der Waals surface area contributed by atoms with Gasteiger partial charge in [0.2, 0.25) is 0 Å². The topological polar surface area (TPSA) is 67.4 Å². The van der Waals surface area contributed by atoms with Gasteiger partial charge in [0.25, 0.3) is 0 Å². The fourth-order valence-corrected chi connectivity index (χ4v) is 3.04. The van der Waals surface area contributed by atoms with Crippen LogP contribution in [-0.4, -0.2) is 22.8 Å². The van der Waals surface area contributed by atoms with Gasteiger partial charge in [0.15, 0.2) is 5.96 Å². The fraction of sp³-hybridized carbons (Fsp3) is 0.368. The molecule has 0 fully saturated rings.